The molecule has 4 nitrogen and oxygen atoms in total. The minimum Gasteiger partial charge on any atom is -0.508 e. The summed E-state index contributed by atoms with van der Waals surface area (Å²) in [5, 5.41) is 17.3. The summed E-state index contributed by atoms with van der Waals surface area (Å²) in [5.74, 6) is 0.462. The van der Waals surface area contributed by atoms with E-state index in [0.717, 1.165) is 12.8 Å². The van der Waals surface area contributed by atoms with Crippen LogP contribution in [0.1, 0.15) is 26.7 Å². The molecule has 0 fully saturated rings. The molecule has 0 saturated carbocycles. The molecule has 2 aromatic carbocycles. The highest BCUT2D eigenvalue weighted by molar-refractivity contribution is 5.65. The van der Waals surface area contributed by atoms with Crippen LogP contribution >= 0.6 is 0 Å². The Bertz CT molecular complexity index is 445. The number of carbonyl (C=O) groups excluding carboxylic acids is 1. The molecule has 22 heavy (non-hydrogen) atoms. The molecule has 0 unspecified atom stereocenters. The average Bonchev–Trinajstić information content (AvgIpc) is 2.50. The first-order chi connectivity index (χ1) is 10.6. The van der Waals surface area contributed by atoms with Gasteiger partial charge in [-0.2, -0.15) is 0 Å². The molecule has 2 aromatic rings. The Hall–Kier alpha value is -2.49. The third-order valence-corrected chi connectivity index (χ3v) is 2.32. The molecule has 0 aliphatic carbocycles. The van der Waals surface area contributed by atoms with Crippen LogP contribution in [0.3, 0.4) is 0 Å². The number of hydrogen-bond donors (Lipinski definition) is 2. The fraction of sp³-hybridized carbons (Fsp3) is 0.278. The van der Waals surface area contributed by atoms with Crippen LogP contribution in [0.5, 0.6) is 11.5 Å². The van der Waals surface area contributed by atoms with Gasteiger partial charge in [0, 0.05) is 6.92 Å². The molecule has 0 heterocycles. The molecule has 2 N–H and O–H groups in total. The van der Waals surface area contributed by atoms with Crippen LogP contribution in [0, 0.1) is 0 Å². The van der Waals surface area contributed by atoms with Gasteiger partial charge >= 0.3 is 5.97 Å². The Kier molecular flexibility index (Phi) is 12.0. The van der Waals surface area contributed by atoms with Gasteiger partial charge in [0.1, 0.15) is 11.5 Å². The van der Waals surface area contributed by atoms with Crippen LogP contribution in [0.2, 0.25) is 0 Å². The highest BCUT2D eigenvalue weighted by Crippen LogP contribution is 2.03. The van der Waals surface area contributed by atoms with Crippen molar-refractivity contribution in [1.29, 1.82) is 0 Å². The average molecular weight is 304 g/mol. The third-order valence-electron chi connectivity index (χ3n) is 2.32. The number of esters is 1. The van der Waals surface area contributed by atoms with Gasteiger partial charge in [-0.1, -0.05) is 49.7 Å². The smallest absolute Gasteiger partial charge is 0.302 e. The lowest BCUT2D eigenvalue weighted by atomic mass is 10.3. The second kappa shape index (κ2) is 13.5. The van der Waals surface area contributed by atoms with Crippen molar-refractivity contribution in [3.8, 4) is 11.5 Å². The van der Waals surface area contributed by atoms with Crippen molar-refractivity contribution in [2.75, 3.05) is 6.61 Å². The van der Waals surface area contributed by atoms with Crippen LogP contribution in [0.15, 0.2) is 60.7 Å². The van der Waals surface area contributed by atoms with Crippen molar-refractivity contribution in [2.45, 2.75) is 26.7 Å². The number of carbonyl (C=O) groups is 1. The van der Waals surface area contributed by atoms with E-state index in [4.69, 9.17) is 10.2 Å². The molecule has 0 aliphatic rings. The van der Waals surface area contributed by atoms with Gasteiger partial charge in [-0.3, -0.25) is 4.79 Å². The maximum atomic E-state index is 10.1. The molecule has 0 aliphatic heterocycles. The Morgan fingerprint density at radius 1 is 0.909 bits per heavy atom. The van der Waals surface area contributed by atoms with Crippen molar-refractivity contribution >= 4 is 5.97 Å². The number of phenolic OH excluding ortho intramolecular Hbond substituents is 2. The van der Waals surface area contributed by atoms with E-state index in [1.807, 2.05) is 12.1 Å². The van der Waals surface area contributed by atoms with Gasteiger partial charge in [-0.05, 0) is 30.7 Å². The Morgan fingerprint density at radius 2 is 1.32 bits per heavy atom. The summed E-state index contributed by atoms with van der Waals surface area (Å²) < 4.78 is 4.64. The standard InChI is InChI=1S/C6H12O2.2C6H6O/c1-3-4-5-8-6(2)7;2*7-6-4-2-1-3-5-6/h3-5H2,1-2H3;2*1-5,7H. The number of benzene rings is 2. The van der Waals surface area contributed by atoms with E-state index in [-0.39, 0.29) is 5.97 Å². The van der Waals surface area contributed by atoms with Gasteiger partial charge in [0.25, 0.3) is 0 Å². The summed E-state index contributed by atoms with van der Waals surface area (Å²) in [5.41, 5.74) is 0. The molecule has 2 rings (SSSR count). The van der Waals surface area contributed by atoms with E-state index in [0.29, 0.717) is 18.1 Å². The number of para-hydroxylation sites is 2. The fourth-order valence-electron chi connectivity index (χ4n) is 1.22. The fourth-order valence-corrected chi connectivity index (χ4v) is 1.22. The molecule has 0 atom stereocenters. The SMILES string of the molecule is CCCCOC(C)=O.Oc1ccccc1.Oc1ccccc1. The molecule has 0 spiro atoms. The van der Waals surface area contributed by atoms with E-state index < -0.39 is 0 Å². The predicted molar refractivity (Wildman–Crippen MR) is 87.8 cm³/mol. The zero-order valence-corrected chi connectivity index (χ0v) is 13.1. The minimum atomic E-state index is -0.182. The number of aromatic hydroxyl groups is 2. The summed E-state index contributed by atoms with van der Waals surface area (Å²) in [4.78, 5) is 10.1. The van der Waals surface area contributed by atoms with Crippen molar-refractivity contribution in [3.63, 3.8) is 0 Å². The highest BCUT2D eigenvalue weighted by atomic mass is 16.5. The van der Waals surface area contributed by atoms with Crippen LogP contribution in [-0.2, 0) is 9.53 Å². The summed E-state index contributed by atoms with van der Waals surface area (Å²) in [6.07, 6.45) is 2.05. The quantitative estimate of drug-likeness (QED) is 0.661. The molecule has 0 bridgehead atoms. The van der Waals surface area contributed by atoms with E-state index in [1.54, 1.807) is 48.5 Å². The first kappa shape index (κ1) is 19.5. The molecule has 4 heteroatoms. The van der Waals surface area contributed by atoms with Crippen molar-refractivity contribution < 1.29 is 19.7 Å². The molecule has 0 saturated heterocycles. The molecule has 0 amide bonds. The van der Waals surface area contributed by atoms with Crippen LogP contribution < -0.4 is 0 Å². The second-order valence-corrected chi connectivity index (χ2v) is 4.36. The number of hydrogen-bond acceptors (Lipinski definition) is 4. The lowest BCUT2D eigenvalue weighted by Crippen LogP contribution is -1.99. The number of rotatable bonds is 3. The van der Waals surface area contributed by atoms with Gasteiger partial charge in [0.05, 0.1) is 6.61 Å². The maximum Gasteiger partial charge on any atom is 0.302 e. The molecule has 0 aromatic heterocycles. The van der Waals surface area contributed by atoms with Gasteiger partial charge in [-0.25, -0.2) is 0 Å². The summed E-state index contributed by atoms with van der Waals surface area (Å²) >= 11 is 0. The Balaban J connectivity index is 0.000000301. The third kappa shape index (κ3) is 13.9. The van der Waals surface area contributed by atoms with Crippen LogP contribution in [0.25, 0.3) is 0 Å². The van der Waals surface area contributed by atoms with Crippen LogP contribution in [-0.4, -0.2) is 22.8 Å². The van der Waals surface area contributed by atoms with Gasteiger partial charge in [0.2, 0.25) is 0 Å². The zero-order chi connectivity index (χ0) is 16.6. The first-order valence-electron chi connectivity index (χ1n) is 7.17. The molecular formula is C18H24O4. The number of ether oxygens (including phenoxy) is 1. The normalized spacial score (nSPS) is 8.64. The first-order valence-corrected chi connectivity index (χ1v) is 7.17. The monoisotopic (exact) mass is 304 g/mol. The van der Waals surface area contributed by atoms with Gasteiger partial charge in [-0.15, -0.1) is 0 Å². The Morgan fingerprint density at radius 3 is 1.55 bits per heavy atom. The lowest BCUT2D eigenvalue weighted by molar-refractivity contribution is -0.141. The van der Waals surface area contributed by atoms with Crippen molar-refractivity contribution in [2.24, 2.45) is 0 Å². The van der Waals surface area contributed by atoms with Crippen molar-refractivity contribution in [1.82, 2.24) is 0 Å². The largest absolute Gasteiger partial charge is 0.508 e. The zero-order valence-electron chi connectivity index (χ0n) is 13.1. The number of phenols is 2. The van der Waals surface area contributed by atoms with E-state index in [2.05, 4.69) is 11.7 Å². The topological polar surface area (TPSA) is 66.8 Å². The minimum absolute atomic E-state index is 0.182. The van der Waals surface area contributed by atoms with E-state index in [1.165, 1.54) is 6.92 Å². The Labute approximate surface area is 132 Å². The van der Waals surface area contributed by atoms with Gasteiger partial charge in [0.15, 0.2) is 0 Å². The summed E-state index contributed by atoms with van der Waals surface area (Å²) in [6, 6.07) is 17.4. The molecule has 120 valence electrons. The second-order valence-electron chi connectivity index (χ2n) is 4.36. The molecule has 0 radical (unpaired) electrons. The van der Waals surface area contributed by atoms with Gasteiger partial charge < -0.3 is 14.9 Å². The lowest BCUT2D eigenvalue weighted by Gasteiger charge is -1.96. The predicted octanol–water partition coefficient (Wildman–Crippen LogP) is 4.13. The molecular weight excluding hydrogens is 280 g/mol. The number of unbranched alkanes of at least 4 members (excludes halogenated alkanes) is 1. The maximum absolute atomic E-state index is 10.1. The summed E-state index contributed by atoms with van der Waals surface area (Å²) in [6.45, 7) is 4.06. The summed E-state index contributed by atoms with van der Waals surface area (Å²) in [7, 11) is 0. The van der Waals surface area contributed by atoms with Crippen LogP contribution in [0.4, 0.5) is 0 Å². The van der Waals surface area contributed by atoms with Crippen molar-refractivity contribution in [3.05, 3.63) is 60.7 Å². The van der Waals surface area contributed by atoms with E-state index in [9.17, 15) is 4.79 Å². The van der Waals surface area contributed by atoms with E-state index >= 15 is 0 Å². The highest BCUT2D eigenvalue weighted by Gasteiger charge is 1.88.